The quantitative estimate of drug-likeness (QED) is 0.454. The highest BCUT2D eigenvalue weighted by Gasteiger charge is 2.49. The number of rotatable bonds is 5. The van der Waals surface area contributed by atoms with Crippen molar-refractivity contribution in [2.75, 3.05) is 7.11 Å². The van der Waals surface area contributed by atoms with Crippen LogP contribution in [0.2, 0.25) is 0 Å². The second-order valence-corrected chi connectivity index (χ2v) is 8.00. The van der Waals surface area contributed by atoms with Gasteiger partial charge in [0.15, 0.2) is 5.76 Å². The van der Waals surface area contributed by atoms with Gasteiger partial charge in [-0.3, -0.25) is 9.69 Å². The van der Waals surface area contributed by atoms with Crippen LogP contribution in [0.4, 0.5) is 9.18 Å². The second-order valence-electron chi connectivity index (χ2n) is 8.00. The second kappa shape index (κ2) is 7.74. The van der Waals surface area contributed by atoms with E-state index in [2.05, 4.69) is 10.3 Å². The zero-order valence-corrected chi connectivity index (χ0v) is 18.0. The summed E-state index contributed by atoms with van der Waals surface area (Å²) in [5, 5.41) is 4.68. The fourth-order valence-corrected chi connectivity index (χ4v) is 3.96. The summed E-state index contributed by atoms with van der Waals surface area (Å²) in [5.41, 5.74) is 0.0859. The van der Waals surface area contributed by atoms with Crippen LogP contribution in [-0.2, 0) is 16.9 Å². The number of halogens is 1. The van der Waals surface area contributed by atoms with E-state index in [0.717, 1.165) is 21.4 Å². The number of benzene rings is 3. The summed E-state index contributed by atoms with van der Waals surface area (Å²) in [4.78, 5) is 31.3. The van der Waals surface area contributed by atoms with Crippen molar-refractivity contribution in [1.29, 1.82) is 0 Å². The van der Waals surface area contributed by atoms with Crippen molar-refractivity contribution in [3.8, 4) is 17.1 Å². The predicted octanol–water partition coefficient (Wildman–Crippen LogP) is 4.61. The lowest BCUT2D eigenvalue weighted by Gasteiger charge is -2.22. The molecule has 7 nitrogen and oxygen atoms in total. The SMILES string of the molecule is COc1ccc2cc(C3(C)NC(=O)N(Cc4ncc(-c5ccc(F)cc5)o4)C3=O)ccc2c1. The topological polar surface area (TPSA) is 84.7 Å². The number of fused-ring (bicyclic) bond motifs is 1. The van der Waals surface area contributed by atoms with Crippen molar-refractivity contribution < 1.29 is 23.1 Å². The van der Waals surface area contributed by atoms with Crippen molar-refractivity contribution in [2.24, 2.45) is 0 Å². The Morgan fingerprint density at radius 3 is 2.55 bits per heavy atom. The zero-order chi connectivity index (χ0) is 23.2. The average Bonchev–Trinajstić information content (AvgIpc) is 3.38. The molecule has 1 N–H and O–H groups in total. The van der Waals surface area contributed by atoms with Gasteiger partial charge in [0, 0.05) is 5.56 Å². The van der Waals surface area contributed by atoms with Crippen molar-refractivity contribution >= 4 is 22.7 Å². The first kappa shape index (κ1) is 20.7. The number of aromatic nitrogens is 1. The van der Waals surface area contributed by atoms with Crippen molar-refractivity contribution in [3.05, 3.63) is 84.1 Å². The molecule has 1 aromatic heterocycles. The molecular formula is C25H20FN3O4. The van der Waals surface area contributed by atoms with E-state index in [1.165, 1.54) is 18.3 Å². The number of hydrogen-bond acceptors (Lipinski definition) is 5. The normalized spacial score (nSPS) is 18.1. The van der Waals surface area contributed by atoms with Crippen LogP contribution in [0.25, 0.3) is 22.1 Å². The number of amides is 3. The average molecular weight is 445 g/mol. The Balaban J connectivity index is 1.39. The summed E-state index contributed by atoms with van der Waals surface area (Å²) >= 11 is 0. The zero-order valence-electron chi connectivity index (χ0n) is 18.0. The molecule has 1 aliphatic rings. The van der Waals surface area contributed by atoms with Crippen LogP contribution in [0.1, 0.15) is 18.4 Å². The first-order valence-electron chi connectivity index (χ1n) is 10.3. The maximum absolute atomic E-state index is 13.3. The third kappa shape index (κ3) is 3.59. The molecule has 4 aromatic rings. The first-order chi connectivity index (χ1) is 15.9. The number of imide groups is 1. The van der Waals surface area contributed by atoms with Gasteiger partial charge in [0.2, 0.25) is 5.89 Å². The number of carbonyl (C=O) groups excluding carboxylic acids is 2. The van der Waals surface area contributed by atoms with Gasteiger partial charge < -0.3 is 14.5 Å². The summed E-state index contributed by atoms with van der Waals surface area (Å²) in [7, 11) is 1.61. The molecule has 33 heavy (non-hydrogen) atoms. The number of ether oxygens (including phenoxy) is 1. The number of oxazole rings is 1. The van der Waals surface area contributed by atoms with Gasteiger partial charge in [-0.25, -0.2) is 14.2 Å². The van der Waals surface area contributed by atoms with Crippen molar-refractivity contribution in [1.82, 2.24) is 15.2 Å². The van der Waals surface area contributed by atoms with Gasteiger partial charge in [-0.05, 0) is 65.7 Å². The van der Waals surface area contributed by atoms with E-state index in [4.69, 9.17) is 9.15 Å². The Morgan fingerprint density at radius 1 is 1.06 bits per heavy atom. The summed E-state index contributed by atoms with van der Waals surface area (Å²) in [5.74, 6) is 0.605. The number of methoxy groups -OCH3 is 1. The summed E-state index contributed by atoms with van der Waals surface area (Å²) < 4.78 is 24.1. The third-order valence-corrected chi connectivity index (χ3v) is 5.88. The van der Waals surface area contributed by atoms with Crippen molar-refractivity contribution in [3.63, 3.8) is 0 Å². The molecule has 1 aliphatic heterocycles. The molecule has 2 heterocycles. The van der Waals surface area contributed by atoms with E-state index in [0.29, 0.717) is 16.9 Å². The highest BCUT2D eigenvalue weighted by Crippen LogP contribution is 2.33. The molecule has 5 rings (SSSR count). The lowest BCUT2D eigenvalue weighted by Crippen LogP contribution is -2.40. The molecular weight excluding hydrogens is 425 g/mol. The van der Waals surface area contributed by atoms with E-state index < -0.39 is 17.5 Å². The predicted molar refractivity (Wildman–Crippen MR) is 119 cm³/mol. The Labute approximate surface area is 188 Å². The minimum Gasteiger partial charge on any atom is -0.497 e. The van der Waals surface area contributed by atoms with E-state index in [-0.39, 0.29) is 18.3 Å². The summed E-state index contributed by atoms with van der Waals surface area (Å²) in [6.07, 6.45) is 1.48. The van der Waals surface area contributed by atoms with Crippen LogP contribution in [-0.4, -0.2) is 28.9 Å². The highest BCUT2D eigenvalue weighted by molar-refractivity contribution is 6.07. The molecule has 1 unspecified atom stereocenters. The molecule has 1 fully saturated rings. The maximum Gasteiger partial charge on any atom is 0.325 e. The minimum atomic E-state index is -1.22. The molecule has 8 heteroatoms. The molecule has 3 aromatic carbocycles. The lowest BCUT2D eigenvalue weighted by molar-refractivity contribution is -0.131. The number of hydrogen-bond donors (Lipinski definition) is 1. The molecule has 1 saturated heterocycles. The van der Waals surface area contributed by atoms with E-state index in [9.17, 15) is 14.0 Å². The lowest BCUT2D eigenvalue weighted by atomic mass is 9.90. The summed E-state index contributed by atoms with van der Waals surface area (Å²) in [6.45, 7) is 1.56. The van der Waals surface area contributed by atoms with Gasteiger partial charge >= 0.3 is 6.03 Å². The van der Waals surface area contributed by atoms with Crippen LogP contribution in [0.15, 0.2) is 71.3 Å². The van der Waals surface area contributed by atoms with Crippen LogP contribution >= 0.6 is 0 Å². The third-order valence-electron chi connectivity index (χ3n) is 5.88. The van der Waals surface area contributed by atoms with Crippen LogP contribution in [0.3, 0.4) is 0 Å². The number of carbonyl (C=O) groups is 2. The maximum atomic E-state index is 13.3. The van der Waals surface area contributed by atoms with Gasteiger partial charge in [-0.2, -0.15) is 0 Å². The molecule has 0 bridgehead atoms. The summed E-state index contributed by atoms with van der Waals surface area (Å²) in [6, 6.07) is 16.5. The highest BCUT2D eigenvalue weighted by atomic mass is 19.1. The molecule has 0 saturated carbocycles. The first-order valence-corrected chi connectivity index (χ1v) is 10.3. The van der Waals surface area contributed by atoms with Crippen LogP contribution < -0.4 is 10.1 Å². The Morgan fingerprint density at radius 2 is 1.79 bits per heavy atom. The van der Waals surface area contributed by atoms with Gasteiger partial charge in [0.25, 0.3) is 5.91 Å². The Hall–Kier alpha value is -4.20. The van der Waals surface area contributed by atoms with Gasteiger partial charge in [0.05, 0.1) is 13.3 Å². The number of urea groups is 1. The van der Waals surface area contributed by atoms with E-state index in [1.54, 1.807) is 26.2 Å². The van der Waals surface area contributed by atoms with Crippen molar-refractivity contribution in [2.45, 2.75) is 19.0 Å². The fraction of sp³-hybridized carbons (Fsp3) is 0.160. The fourth-order valence-electron chi connectivity index (χ4n) is 3.96. The monoisotopic (exact) mass is 445 g/mol. The van der Waals surface area contributed by atoms with E-state index >= 15 is 0 Å². The largest absolute Gasteiger partial charge is 0.497 e. The van der Waals surface area contributed by atoms with Crippen LogP contribution in [0.5, 0.6) is 5.75 Å². The van der Waals surface area contributed by atoms with Gasteiger partial charge in [-0.15, -0.1) is 0 Å². The number of nitrogens with zero attached hydrogens (tertiary/aromatic N) is 2. The molecule has 0 spiro atoms. The standard InChI is InChI=1S/C25H20FN3O4/c1-25(18-7-3-17-12-20(32-2)10-6-16(17)11-18)23(30)29(24(31)28-25)14-22-27-13-21(33-22)15-4-8-19(26)9-5-15/h3-13H,14H2,1-2H3,(H,28,31). The molecule has 0 aliphatic carbocycles. The minimum absolute atomic E-state index is 0.119. The Bertz CT molecular complexity index is 1380. The van der Waals surface area contributed by atoms with Crippen LogP contribution in [0, 0.1) is 5.82 Å². The molecule has 1 atom stereocenters. The smallest absolute Gasteiger partial charge is 0.325 e. The van der Waals surface area contributed by atoms with Gasteiger partial charge in [0.1, 0.15) is 23.7 Å². The van der Waals surface area contributed by atoms with Gasteiger partial charge in [-0.1, -0.05) is 18.2 Å². The van der Waals surface area contributed by atoms with E-state index in [1.807, 2.05) is 36.4 Å². The number of nitrogens with one attached hydrogen (secondary N) is 1. The molecule has 0 radical (unpaired) electrons. The molecule has 3 amide bonds. The molecule has 166 valence electrons. The Kier molecular flexibility index (Phi) is 4.85.